The number of rotatable bonds is 6. The minimum Gasteiger partial charge on any atom is -0.310 e. The Kier molecular flexibility index (Phi) is 7.02. The Labute approximate surface area is 286 Å². The standard InChI is InChI=1S/C47H36N2/c1-3-14-34-29-37(25-23-32(34)4-2)48(38-26-24-33-15-8-9-16-35(33)30-38)39-27-28-45-44(31-39)46-42-21-12-10-19-40(42)41-20-11-13-22-43(41)47(46)49(45)36-17-6-5-7-18-36/h3,5-31H,4H2,1-2H3/b14-3-. The molecule has 9 rings (SSSR count). The van der Waals surface area contributed by atoms with E-state index in [1.54, 1.807) is 0 Å². The van der Waals surface area contributed by atoms with E-state index in [-0.39, 0.29) is 0 Å². The Hall–Kier alpha value is -6.12. The number of benzene rings is 8. The van der Waals surface area contributed by atoms with Crippen LogP contribution in [0.1, 0.15) is 25.0 Å². The molecule has 0 atom stereocenters. The molecule has 0 saturated carbocycles. The summed E-state index contributed by atoms with van der Waals surface area (Å²) in [6.07, 6.45) is 5.36. The van der Waals surface area contributed by atoms with Crippen molar-refractivity contribution in [3.63, 3.8) is 0 Å². The molecular formula is C47H36N2. The van der Waals surface area contributed by atoms with Crippen LogP contribution in [0.15, 0.2) is 164 Å². The Bertz CT molecular complexity index is 2710. The second kappa shape index (κ2) is 11.8. The van der Waals surface area contributed by atoms with Gasteiger partial charge in [-0.25, -0.2) is 0 Å². The fourth-order valence-electron chi connectivity index (χ4n) is 7.79. The predicted molar refractivity (Wildman–Crippen MR) is 212 cm³/mol. The lowest BCUT2D eigenvalue weighted by atomic mass is 9.96. The van der Waals surface area contributed by atoms with E-state index in [2.05, 4.69) is 193 Å². The van der Waals surface area contributed by atoms with Gasteiger partial charge in [-0.15, -0.1) is 0 Å². The highest BCUT2D eigenvalue weighted by Gasteiger charge is 2.21. The maximum atomic E-state index is 2.46. The van der Waals surface area contributed by atoms with Crippen LogP contribution in [0.3, 0.4) is 0 Å². The van der Waals surface area contributed by atoms with E-state index in [0.717, 1.165) is 29.2 Å². The quantitative estimate of drug-likeness (QED) is 0.166. The van der Waals surface area contributed by atoms with Gasteiger partial charge in [-0.2, -0.15) is 0 Å². The first-order chi connectivity index (χ1) is 24.2. The molecule has 9 aromatic rings. The summed E-state index contributed by atoms with van der Waals surface area (Å²) < 4.78 is 2.46. The summed E-state index contributed by atoms with van der Waals surface area (Å²) in [5.41, 5.74) is 9.61. The molecule has 0 radical (unpaired) electrons. The van der Waals surface area contributed by atoms with Crippen LogP contribution in [0.25, 0.3) is 65.9 Å². The number of aromatic nitrogens is 1. The first-order valence-corrected chi connectivity index (χ1v) is 17.2. The maximum absolute atomic E-state index is 2.46. The number of fused-ring (bicyclic) bond motifs is 9. The molecule has 0 spiro atoms. The molecule has 0 fully saturated rings. The minimum absolute atomic E-state index is 0.988. The third-order valence-electron chi connectivity index (χ3n) is 10.00. The van der Waals surface area contributed by atoms with Crippen LogP contribution in [0.5, 0.6) is 0 Å². The Morgan fingerprint density at radius 2 is 1.14 bits per heavy atom. The summed E-state index contributed by atoms with van der Waals surface area (Å²) in [5, 5.41) is 10.1. The summed E-state index contributed by atoms with van der Waals surface area (Å²) in [7, 11) is 0. The predicted octanol–water partition coefficient (Wildman–Crippen LogP) is 13.3. The van der Waals surface area contributed by atoms with Crippen molar-refractivity contribution in [1.29, 1.82) is 0 Å². The van der Waals surface area contributed by atoms with Crippen molar-refractivity contribution in [3.8, 4) is 5.69 Å². The summed E-state index contributed by atoms with van der Waals surface area (Å²) in [6.45, 7) is 4.32. The topological polar surface area (TPSA) is 8.17 Å². The van der Waals surface area contributed by atoms with Gasteiger partial charge in [0.15, 0.2) is 0 Å². The molecule has 0 aliphatic rings. The molecule has 0 unspecified atom stereocenters. The van der Waals surface area contributed by atoms with Crippen LogP contribution in [0.2, 0.25) is 0 Å². The highest BCUT2D eigenvalue weighted by atomic mass is 15.1. The molecule has 0 aliphatic carbocycles. The van der Waals surface area contributed by atoms with Crippen molar-refractivity contribution in [2.45, 2.75) is 20.3 Å². The molecule has 0 bridgehead atoms. The van der Waals surface area contributed by atoms with Gasteiger partial charge in [0, 0.05) is 38.9 Å². The third-order valence-corrected chi connectivity index (χ3v) is 10.00. The zero-order chi connectivity index (χ0) is 32.9. The molecule has 234 valence electrons. The van der Waals surface area contributed by atoms with Crippen molar-refractivity contribution < 1.29 is 0 Å². The van der Waals surface area contributed by atoms with Gasteiger partial charge in [-0.3, -0.25) is 0 Å². The highest BCUT2D eigenvalue weighted by molar-refractivity contribution is 6.32. The first kappa shape index (κ1) is 29.1. The molecule has 2 heteroatoms. The fourth-order valence-corrected chi connectivity index (χ4v) is 7.79. The van der Waals surface area contributed by atoms with E-state index in [0.29, 0.717) is 0 Å². The average Bonchev–Trinajstić information content (AvgIpc) is 3.51. The number of nitrogens with zero attached hydrogens (tertiary/aromatic N) is 2. The summed E-state index contributed by atoms with van der Waals surface area (Å²) in [5.74, 6) is 0. The van der Waals surface area contributed by atoms with Gasteiger partial charge in [0.25, 0.3) is 0 Å². The smallest absolute Gasteiger partial charge is 0.0625 e. The molecule has 49 heavy (non-hydrogen) atoms. The summed E-state index contributed by atoms with van der Waals surface area (Å²) in [6, 6.07) is 57.9. The lowest BCUT2D eigenvalue weighted by Gasteiger charge is -2.27. The van der Waals surface area contributed by atoms with Crippen LogP contribution in [-0.2, 0) is 6.42 Å². The Morgan fingerprint density at radius 1 is 0.531 bits per heavy atom. The van der Waals surface area contributed by atoms with Crippen LogP contribution >= 0.6 is 0 Å². The van der Waals surface area contributed by atoms with Crippen molar-refractivity contribution >= 4 is 77.3 Å². The van der Waals surface area contributed by atoms with Crippen LogP contribution < -0.4 is 4.90 Å². The molecular weight excluding hydrogens is 593 g/mol. The van der Waals surface area contributed by atoms with Crippen LogP contribution in [0.4, 0.5) is 17.1 Å². The van der Waals surface area contributed by atoms with E-state index in [1.165, 1.54) is 65.3 Å². The zero-order valence-corrected chi connectivity index (χ0v) is 27.8. The van der Waals surface area contributed by atoms with Gasteiger partial charge >= 0.3 is 0 Å². The zero-order valence-electron chi connectivity index (χ0n) is 27.8. The number of hydrogen-bond acceptors (Lipinski definition) is 1. The number of anilines is 3. The number of allylic oxidation sites excluding steroid dienone is 1. The second-order valence-corrected chi connectivity index (χ2v) is 12.8. The number of hydrogen-bond donors (Lipinski definition) is 0. The minimum atomic E-state index is 0.988. The van der Waals surface area contributed by atoms with Crippen LogP contribution in [0, 0.1) is 0 Å². The van der Waals surface area contributed by atoms with Gasteiger partial charge in [-0.05, 0) is 106 Å². The monoisotopic (exact) mass is 628 g/mol. The van der Waals surface area contributed by atoms with Gasteiger partial charge in [0.1, 0.15) is 0 Å². The van der Waals surface area contributed by atoms with Gasteiger partial charge in [-0.1, -0.05) is 122 Å². The summed E-state index contributed by atoms with van der Waals surface area (Å²) >= 11 is 0. The normalized spacial score (nSPS) is 11.9. The van der Waals surface area contributed by atoms with Crippen molar-refractivity contribution in [3.05, 3.63) is 175 Å². The van der Waals surface area contributed by atoms with Gasteiger partial charge in [0.2, 0.25) is 0 Å². The van der Waals surface area contributed by atoms with Crippen LogP contribution in [-0.4, -0.2) is 4.57 Å². The largest absolute Gasteiger partial charge is 0.310 e. The molecule has 1 heterocycles. The first-order valence-electron chi connectivity index (χ1n) is 17.2. The van der Waals surface area contributed by atoms with E-state index >= 15 is 0 Å². The molecule has 0 saturated heterocycles. The third kappa shape index (κ3) is 4.71. The highest BCUT2D eigenvalue weighted by Crippen LogP contribution is 2.45. The van der Waals surface area contributed by atoms with Gasteiger partial charge < -0.3 is 9.47 Å². The van der Waals surface area contributed by atoms with E-state index in [1.807, 2.05) is 0 Å². The number of aryl methyl sites for hydroxylation is 1. The van der Waals surface area contributed by atoms with Crippen molar-refractivity contribution in [2.24, 2.45) is 0 Å². The lowest BCUT2D eigenvalue weighted by Crippen LogP contribution is -2.10. The summed E-state index contributed by atoms with van der Waals surface area (Å²) in [4.78, 5) is 2.42. The van der Waals surface area contributed by atoms with E-state index < -0.39 is 0 Å². The Balaban J connectivity index is 1.40. The fraction of sp³-hybridized carbons (Fsp3) is 0.0638. The van der Waals surface area contributed by atoms with E-state index in [4.69, 9.17) is 0 Å². The molecule has 0 amide bonds. The van der Waals surface area contributed by atoms with Gasteiger partial charge in [0.05, 0.1) is 11.0 Å². The average molecular weight is 629 g/mol. The molecule has 2 nitrogen and oxygen atoms in total. The van der Waals surface area contributed by atoms with Crippen molar-refractivity contribution in [2.75, 3.05) is 4.90 Å². The second-order valence-electron chi connectivity index (χ2n) is 12.8. The molecule has 8 aromatic carbocycles. The number of para-hydroxylation sites is 1. The molecule has 0 aliphatic heterocycles. The lowest BCUT2D eigenvalue weighted by molar-refractivity contribution is 1.13. The SMILES string of the molecule is C/C=C\c1cc(N(c2ccc3ccccc3c2)c2ccc3c(c2)c2c4ccccc4c4ccccc4c2n3-c2ccccc2)ccc1CC. The Morgan fingerprint density at radius 3 is 1.92 bits per heavy atom. The van der Waals surface area contributed by atoms with Crippen molar-refractivity contribution in [1.82, 2.24) is 4.57 Å². The van der Waals surface area contributed by atoms with E-state index in [9.17, 15) is 0 Å². The molecule has 1 aromatic heterocycles. The molecule has 0 N–H and O–H groups in total. The maximum Gasteiger partial charge on any atom is 0.0625 e.